The van der Waals surface area contributed by atoms with Crippen LogP contribution in [-0.2, 0) is 11.3 Å². The molecule has 26 heavy (non-hydrogen) atoms. The molecule has 0 saturated carbocycles. The summed E-state index contributed by atoms with van der Waals surface area (Å²) in [6.07, 6.45) is 1.23. The molecule has 0 radical (unpaired) electrons. The highest BCUT2D eigenvalue weighted by atomic mass is 16.5. The fourth-order valence-electron chi connectivity index (χ4n) is 2.22. The van der Waals surface area contributed by atoms with Crippen LogP contribution in [0.1, 0.15) is 11.1 Å². The van der Waals surface area contributed by atoms with Gasteiger partial charge >= 0.3 is 6.09 Å². The van der Waals surface area contributed by atoms with Gasteiger partial charge in [0.05, 0.1) is 11.9 Å². The fourth-order valence-corrected chi connectivity index (χ4v) is 2.22. The second-order valence-electron chi connectivity index (χ2n) is 5.54. The fraction of sp³-hybridized carbons (Fsp3) is 0.0476. The zero-order chi connectivity index (χ0) is 18.0. The molecular weight excluding hydrogens is 326 g/mol. The van der Waals surface area contributed by atoms with E-state index in [0.717, 1.165) is 16.8 Å². The van der Waals surface area contributed by atoms with Crippen LogP contribution in [0.5, 0.6) is 0 Å². The van der Waals surface area contributed by atoms with E-state index in [-0.39, 0.29) is 6.61 Å². The third-order valence-electron chi connectivity index (χ3n) is 3.55. The summed E-state index contributed by atoms with van der Waals surface area (Å²) in [5.41, 5.74) is 6.39. The Balaban J connectivity index is 1.47. The Morgan fingerprint density at radius 2 is 1.50 bits per heavy atom. The molecule has 0 heterocycles. The second kappa shape index (κ2) is 9.03. The van der Waals surface area contributed by atoms with E-state index >= 15 is 0 Å². The van der Waals surface area contributed by atoms with E-state index in [0.29, 0.717) is 5.69 Å². The molecule has 130 valence electrons. The Hall–Kier alpha value is -3.60. The van der Waals surface area contributed by atoms with Crippen molar-refractivity contribution in [1.82, 2.24) is 0 Å². The van der Waals surface area contributed by atoms with E-state index in [1.54, 1.807) is 18.3 Å². The van der Waals surface area contributed by atoms with Crippen molar-refractivity contribution in [3.63, 3.8) is 0 Å². The number of benzene rings is 3. The minimum absolute atomic E-state index is 0.239. The lowest BCUT2D eigenvalue weighted by molar-refractivity contribution is 0.155. The number of hydrazone groups is 1. The first kappa shape index (κ1) is 17.2. The first-order valence-electron chi connectivity index (χ1n) is 8.21. The van der Waals surface area contributed by atoms with Gasteiger partial charge in [0.2, 0.25) is 0 Å². The van der Waals surface area contributed by atoms with Gasteiger partial charge in [0.1, 0.15) is 6.61 Å². The summed E-state index contributed by atoms with van der Waals surface area (Å²) in [5, 5.41) is 6.88. The van der Waals surface area contributed by atoms with E-state index in [9.17, 15) is 4.79 Å². The smallest absolute Gasteiger partial charge is 0.411 e. The van der Waals surface area contributed by atoms with Crippen LogP contribution in [0.2, 0.25) is 0 Å². The van der Waals surface area contributed by atoms with Crippen molar-refractivity contribution in [3.05, 3.63) is 96.1 Å². The quantitative estimate of drug-likeness (QED) is 0.494. The number of nitrogens with zero attached hydrogens (tertiary/aromatic N) is 1. The third-order valence-corrected chi connectivity index (χ3v) is 3.55. The number of carbonyl (C=O) groups excluding carboxylic acids is 1. The molecule has 3 aromatic rings. The van der Waals surface area contributed by atoms with Gasteiger partial charge in [-0.25, -0.2) is 4.79 Å². The van der Waals surface area contributed by atoms with Crippen LogP contribution in [0.4, 0.5) is 16.2 Å². The molecule has 5 heteroatoms. The highest BCUT2D eigenvalue weighted by Gasteiger charge is 2.03. The van der Waals surface area contributed by atoms with Crippen LogP contribution in [0.15, 0.2) is 90.0 Å². The van der Waals surface area contributed by atoms with Crippen molar-refractivity contribution in [2.24, 2.45) is 5.10 Å². The molecule has 2 N–H and O–H groups in total. The summed E-state index contributed by atoms with van der Waals surface area (Å²) in [7, 11) is 0. The average Bonchev–Trinajstić information content (AvgIpc) is 2.69. The topological polar surface area (TPSA) is 62.7 Å². The molecule has 0 fully saturated rings. The number of amides is 1. The van der Waals surface area contributed by atoms with Gasteiger partial charge in [0.25, 0.3) is 0 Å². The largest absolute Gasteiger partial charge is 0.444 e. The molecule has 3 rings (SSSR count). The standard InChI is InChI=1S/C21H19N3O2/c25-21(26-16-18-7-3-1-4-8-18)23-19-13-11-17(12-14-19)15-22-24-20-9-5-2-6-10-20/h1-15,24H,16H2,(H,23,25). The van der Waals surface area contributed by atoms with Crippen LogP contribution >= 0.6 is 0 Å². The Morgan fingerprint density at radius 3 is 2.19 bits per heavy atom. The maximum Gasteiger partial charge on any atom is 0.411 e. The maximum absolute atomic E-state index is 11.8. The van der Waals surface area contributed by atoms with Gasteiger partial charge in [-0.05, 0) is 35.4 Å². The monoisotopic (exact) mass is 345 g/mol. The molecule has 0 spiro atoms. The van der Waals surface area contributed by atoms with Crippen LogP contribution < -0.4 is 10.7 Å². The predicted molar refractivity (Wildman–Crippen MR) is 104 cm³/mol. The van der Waals surface area contributed by atoms with E-state index in [2.05, 4.69) is 15.8 Å². The number of hydrogen-bond donors (Lipinski definition) is 2. The highest BCUT2D eigenvalue weighted by Crippen LogP contribution is 2.10. The van der Waals surface area contributed by atoms with Crippen molar-refractivity contribution in [2.75, 3.05) is 10.7 Å². The number of para-hydroxylation sites is 1. The molecule has 0 saturated heterocycles. The second-order valence-corrected chi connectivity index (χ2v) is 5.54. The van der Waals surface area contributed by atoms with Gasteiger partial charge in [0.15, 0.2) is 0 Å². The van der Waals surface area contributed by atoms with E-state index < -0.39 is 6.09 Å². The first-order chi connectivity index (χ1) is 12.8. The summed E-state index contributed by atoms with van der Waals surface area (Å²) >= 11 is 0. The minimum atomic E-state index is -0.485. The lowest BCUT2D eigenvalue weighted by Gasteiger charge is -2.07. The highest BCUT2D eigenvalue weighted by molar-refractivity contribution is 5.86. The number of rotatable bonds is 6. The molecule has 0 atom stereocenters. The van der Waals surface area contributed by atoms with Gasteiger partial charge in [-0.1, -0.05) is 60.7 Å². The molecule has 0 aliphatic rings. The molecule has 5 nitrogen and oxygen atoms in total. The molecule has 3 aromatic carbocycles. The molecule has 0 aliphatic carbocycles. The summed E-state index contributed by atoms with van der Waals surface area (Å²) in [6.45, 7) is 0.239. The molecule has 0 aromatic heterocycles. The Morgan fingerprint density at radius 1 is 0.846 bits per heavy atom. The van der Waals surface area contributed by atoms with Gasteiger partial charge in [-0.2, -0.15) is 5.10 Å². The third kappa shape index (κ3) is 5.49. The summed E-state index contributed by atoms with van der Waals surface area (Å²) in [5.74, 6) is 0. The van der Waals surface area contributed by atoms with Crippen LogP contribution in [0.3, 0.4) is 0 Å². The van der Waals surface area contributed by atoms with E-state index in [1.807, 2.05) is 72.8 Å². The zero-order valence-corrected chi connectivity index (χ0v) is 14.1. The first-order valence-corrected chi connectivity index (χ1v) is 8.21. The van der Waals surface area contributed by atoms with Gasteiger partial charge < -0.3 is 4.74 Å². The number of anilines is 2. The van der Waals surface area contributed by atoms with E-state index in [4.69, 9.17) is 4.74 Å². The van der Waals surface area contributed by atoms with E-state index in [1.165, 1.54) is 0 Å². The normalized spacial score (nSPS) is 10.5. The summed E-state index contributed by atoms with van der Waals surface area (Å²) < 4.78 is 5.19. The average molecular weight is 345 g/mol. The van der Waals surface area contributed by atoms with Crippen LogP contribution in [-0.4, -0.2) is 12.3 Å². The summed E-state index contributed by atoms with van der Waals surface area (Å²) in [4.78, 5) is 11.8. The zero-order valence-electron chi connectivity index (χ0n) is 14.1. The number of carbonyl (C=O) groups is 1. The molecule has 0 unspecified atom stereocenters. The summed E-state index contributed by atoms with van der Waals surface area (Å²) in [6, 6.07) is 26.6. The van der Waals surface area contributed by atoms with Crippen LogP contribution in [0.25, 0.3) is 0 Å². The van der Waals surface area contributed by atoms with Crippen molar-refractivity contribution in [3.8, 4) is 0 Å². The van der Waals surface area contributed by atoms with Gasteiger partial charge in [-0.3, -0.25) is 10.7 Å². The molecule has 1 amide bonds. The number of ether oxygens (including phenoxy) is 1. The molecule has 0 bridgehead atoms. The maximum atomic E-state index is 11.8. The van der Waals surface area contributed by atoms with Crippen LogP contribution in [0, 0.1) is 0 Å². The lowest BCUT2D eigenvalue weighted by Crippen LogP contribution is -2.13. The van der Waals surface area contributed by atoms with Gasteiger partial charge in [0, 0.05) is 5.69 Å². The molecular formula is C21H19N3O2. The SMILES string of the molecule is O=C(Nc1ccc(C=NNc2ccccc2)cc1)OCc1ccccc1. The minimum Gasteiger partial charge on any atom is -0.444 e. The van der Waals surface area contributed by atoms with Gasteiger partial charge in [-0.15, -0.1) is 0 Å². The number of hydrogen-bond acceptors (Lipinski definition) is 4. The predicted octanol–water partition coefficient (Wildman–Crippen LogP) is 4.88. The van der Waals surface area contributed by atoms with Crippen molar-refractivity contribution in [1.29, 1.82) is 0 Å². The Bertz CT molecular complexity index is 847. The Labute approximate surface area is 152 Å². The van der Waals surface area contributed by atoms with Crippen molar-refractivity contribution < 1.29 is 9.53 Å². The lowest BCUT2D eigenvalue weighted by atomic mass is 10.2. The Kier molecular flexibility index (Phi) is 5.99. The van der Waals surface area contributed by atoms with Crippen molar-refractivity contribution >= 4 is 23.7 Å². The number of nitrogens with one attached hydrogen (secondary N) is 2. The molecule has 0 aliphatic heterocycles. The van der Waals surface area contributed by atoms with Crippen molar-refractivity contribution in [2.45, 2.75) is 6.61 Å².